The summed E-state index contributed by atoms with van der Waals surface area (Å²) in [7, 11) is -4.37. The monoisotopic (exact) mass is 702 g/mol. The van der Waals surface area contributed by atoms with E-state index in [4.69, 9.17) is 27.9 Å². The summed E-state index contributed by atoms with van der Waals surface area (Å²) < 4.78 is 92.4. The fourth-order valence-electron chi connectivity index (χ4n) is 5.65. The molecule has 0 bridgehead atoms. The molecule has 0 aromatic heterocycles. The molecule has 246 valence electrons. The molecule has 0 radical (unpaired) electrons. The smallest absolute Gasteiger partial charge is 0.391 e. The number of carbonyl (C=O) groups excluding carboxylic acids is 1. The molecule has 1 aliphatic heterocycles. The molecule has 1 saturated carbocycles. The van der Waals surface area contributed by atoms with Gasteiger partial charge >= 0.3 is 12.1 Å². The molecule has 3 aromatic carbocycles. The van der Waals surface area contributed by atoms with Gasteiger partial charge in [0.05, 0.1) is 42.4 Å². The molecule has 3 aromatic rings. The van der Waals surface area contributed by atoms with Crippen molar-refractivity contribution in [2.75, 3.05) is 10.8 Å². The predicted octanol–water partition coefficient (Wildman–Crippen LogP) is 6.94. The van der Waals surface area contributed by atoms with E-state index in [-0.39, 0.29) is 28.5 Å². The Morgan fingerprint density at radius 1 is 1.00 bits per heavy atom. The van der Waals surface area contributed by atoms with E-state index in [0.717, 1.165) is 17.0 Å². The molecule has 8 nitrogen and oxygen atoms in total. The van der Waals surface area contributed by atoms with Crippen LogP contribution in [0.2, 0.25) is 10.0 Å². The van der Waals surface area contributed by atoms with Gasteiger partial charge in [-0.25, -0.2) is 12.8 Å². The third kappa shape index (κ3) is 7.59. The van der Waals surface area contributed by atoms with Crippen molar-refractivity contribution in [3.8, 4) is 0 Å². The van der Waals surface area contributed by atoms with Crippen molar-refractivity contribution in [3.05, 3.63) is 99.8 Å². The first kappa shape index (κ1) is 34.0. The van der Waals surface area contributed by atoms with Crippen LogP contribution in [0, 0.1) is 5.82 Å². The van der Waals surface area contributed by atoms with Crippen LogP contribution in [0.4, 0.5) is 23.2 Å². The summed E-state index contributed by atoms with van der Waals surface area (Å²) in [6.07, 6.45) is -10.1. The van der Waals surface area contributed by atoms with Gasteiger partial charge < -0.3 is 14.7 Å². The fourth-order valence-corrected chi connectivity index (χ4v) is 7.87. The molecule has 1 unspecified atom stereocenters. The molecule has 1 amide bonds. The molecule has 2 aliphatic rings. The Kier molecular flexibility index (Phi) is 9.88. The largest absolute Gasteiger partial charge is 0.481 e. The molecular weight excluding hydrogens is 675 g/mol. The van der Waals surface area contributed by atoms with Crippen LogP contribution in [0.5, 0.6) is 0 Å². The number of halogens is 6. The van der Waals surface area contributed by atoms with E-state index in [1.54, 1.807) is 18.2 Å². The number of benzene rings is 3. The minimum atomic E-state index is -4.94. The van der Waals surface area contributed by atoms with E-state index in [1.807, 2.05) is 0 Å². The van der Waals surface area contributed by atoms with Gasteiger partial charge in [-0.05, 0) is 60.4 Å². The third-order valence-corrected chi connectivity index (χ3v) is 10.5. The van der Waals surface area contributed by atoms with Gasteiger partial charge in [0.15, 0.2) is 0 Å². The normalized spacial score (nSPS) is 21.2. The molecule has 2 fully saturated rings. The Bertz CT molecular complexity index is 1710. The standard InChI is InChI=1S/C31H28Cl2F4N2O6S/c32-20-10-8-18(9-11-20)28-29(19-4-3-5-21(33)14-19)45-26(15-27(40)41)30(42)39(28)22(16-31(35,36)37)17-38(46(43,44)23-12-13-23)25-7-2-1-6-24(25)34/h1-11,14,22-23,26,28-29H,12-13,15-17H2,(H,40,41)/t22-,26+,28+,29?/m0/s1. The highest BCUT2D eigenvalue weighted by Crippen LogP contribution is 2.46. The second-order valence-electron chi connectivity index (χ2n) is 11.1. The van der Waals surface area contributed by atoms with Crippen LogP contribution in [-0.2, 0) is 24.3 Å². The van der Waals surface area contributed by atoms with Crippen LogP contribution < -0.4 is 4.31 Å². The van der Waals surface area contributed by atoms with Crippen LogP contribution in [0.1, 0.15) is 49.0 Å². The van der Waals surface area contributed by atoms with E-state index in [9.17, 15) is 36.3 Å². The molecule has 5 rings (SSSR count). The van der Waals surface area contributed by atoms with Crippen molar-refractivity contribution in [2.24, 2.45) is 0 Å². The number of carbonyl (C=O) groups is 2. The predicted molar refractivity (Wildman–Crippen MR) is 163 cm³/mol. The van der Waals surface area contributed by atoms with Crippen molar-refractivity contribution in [2.45, 2.75) is 61.4 Å². The van der Waals surface area contributed by atoms with Gasteiger partial charge in [-0.2, -0.15) is 13.2 Å². The second-order valence-corrected chi connectivity index (χ2v) is 14.2. The summed E-state index contributed by atoms with van der Waals surface area (Å²) in [5, 5.41) is 9.20. The third-order valence-electron chi connectivity index (χ3n) is 7.79. The number of aliphatic carboxylic acids is 1. The quantitative estimate of drug-likeness (QED) is 0.217. The number of hydrogen-bond donors (Lipinski definition) is 1. The summed E-state index contributed by atoms with van der Waals surface area (Å²) in [6.45, 7) is -0.975. The number of rotatable bonds is 11. The number of hydrogen-bond acceptors (Lipinski definition) is 5. The number of morpholine rings is 1. The maximum Gasteiger partial charge on any atom is 0.391 e. The number of anilines is 1. The molecule has 4 atom stereocenters. The number of sulfonamides is 1. The van der Waals surface area contributed by atoms with E-state index in [0.29, 0.717) is 9.87 Å². The zero-order chi connectivity index (χ0) is 33.4. The lowest BCUT2D eigenvalue weighted by Gasteiger charge is -2.49. The highest BCUT2D eigenvalue weighted by atomic mass is 35.5. The van der Waals surface area contributed by atoms with Gasteiger partial charge in [-0.3, -0.25) is 13.9 Å². The Morgan fingerprint density at radius 2 is 1.67 bits per heavy atom. The first-order valence-electron chi connectivity index (χ1n) is 14.2. The highest BCUT2D eigenvalue weighted by Gasteiger charge is 2.51. The van der Waals surface area contributed by atoms with E-state index in [1.165, 1.54) is 42.5 Å². The Morgan fingerprint density at radius 3 is 2.26 bits per heavy atom. The van der Waals surface area contributed by atoms with Gasteiger partial charge in [0.1, 0.15) is 18.0 Å². The van der Waals surface area contributed by atoms with Crippen LogP contribution in [0.3, 0.4) is 0 Å². The number of amides is 1. The molecule has 46 heavy (non-hydrogen) atoms. The van der Waals surface area contributed by atoms with Gasteiger partial charge in [-0.1, -0.05) is 59.6 Å². The average molecular weight is 704 g/mol. The first-order valence-corrected chi connectivity index (χ1v) is 16.4. The first-order chi connectivity index (χ1) is 21.7. The lowest BCUT2D eigenvalue weighted by Crippen LogP contribution is -2.59. The molecule has 0 spiro atoms. The summed E-state index contributed by atoms with van der Waals surface area (Å²) in [6, 6.07) is 13.5. The van der Waals surface area contributed by atoms with Crippen molar-refractivity contribution < 1.29 is 45.4 Å². The lowest BCUT2D eigenvalue weighted by molar-refractivity contribution is -0.192. The summed E-state index contributed by atoms with van der Waals surface area (Å²) in [5.41, 5.74) is 0.118. The van der Waals surface area contributed by atoms with Gasteiger partial charge in [-0.15, -0.1) is 0 Å². The van der Waals surface area contributed by atoms with Gasteiger partial charge in [0.25, 0.3) is 5.91 Å². The number of alkyl halides is 3. The van der Waals surface area contributed by atoms with Crippen LogP contribution in [-0.4, -0.2) is 60.4 Å². The minimum absolute atomic E-state index is 0.235. The van der Waals surface area contributed by atoms with Crippen LogP contribution in [0.25, 0.3) is 0 Å². The summed E-state index contributed by atoms with van der Waals surface area (Å²) in [4.78, 5) is 26.8. The Balaban J connectivity index is 1.72. The average Bonchev–Trinajstić information content (AvgIpc) is 3.83. The van der Waals surface area contributed by atoms with Crippen LogP contribution >= 0.6 is 23.2 Å². The highest BCUT2D eigenvalue weighted by molar-refractivity contribution is 7.93. The maximum atomic E-state index is 15.1. The maximum absolute atomic E-state index is 15.1. The van der Waals surface area contributed by atoms with Crippen molar-refractivity contribution in [1.82, 2.24) is 4.90 Å². The Labute approximate surface area is 272 Å². The molecule has 1 saturated heterocycles. The van der Waals surface area contributed by atoms with Crippen molar-refractivity contribution >= 4 is 50.8 Å². The topological polar surface area (TPSA) is 104 Å². The molecular formula is C31H28Cl2F4N2O6S. The van der Waals surface area contributed by atoms with Crippen molar-refractivity contribution in [1.29, 1.82) is 0 Å². The van der Waals surface area contributed by atoms with E-state index in [2.05, 4.69) is 0 Å². The zero-order valence-corrected chi connectivity index (χ0v) is 26.2. The molecule has 1 aliphatic carbocycles. The zero-order valence-electron chi connectivity index (χ0n) is 23.9. The number of ether oxygens (including phenoxy) is 1. The Hall–Kier alpha value is -3.39. The number of para-hydroxylation sites is 1. The fraction of sp³-hybridized carbons (Fsp3) is 0.355. The van der Waals surface area contributed by atoms with Crippen molar-refractivity contribution in [3.63, 3.8) is 0 Å². The van der Waals surface area contributed by atoms with Gasteiger partial charge in [0, 0.05) is 10.0 Å². The van der Waals surface area contributed by atoms with Crippen LogP contribution in [0.15, 0.2) is 72.8 Å². The summed E-state index contributed by atoms with van der Waals surface area (Å²) in [5.74, 6) is -3.54. The van der Waals surface area contributed by atoms with Gasteiger partial charge in [0.2, 0.25) is 10.0 Å². The number of carboxylic acids is 1. The van der Waals surface area contributed by atoms with E-state index >= 15 is 4.39 Å². The SMILES string of the molecule is O=C(O)C[C@H]1OC(c2cccc(Cl)c2)[C@@H](c2ccc(Cl)cc2)N([C@H](CN(c2ccccc2F)S(=O)(=O)C2CC2)CC(F)(F)F)C1=O. The minimum Gasteiger partial charge on any atom is -0.481 e. The molecule has 15 heteroatoms. The number of nitrogens with zero attached hydrogens (tertiary/aromatic N) is 2. The number of carboxylic acid groups (broad SMARTS) is 1. The molecule has 1 heterocycles. The summed E-state index contributed by atoms with van der Waals surface area (Å²) >= 11 is 12.4. The van der Waals surface area contributed by atoms with E-state index < -0.39 is 88.5 Å². The second kappa shape index (κ2) is 13.4. The lowest BCUT2D eigenvalue weighted by atomic mass is 9.89. The molecule has 1 N–H and O–H groups in total.